The van der Waals surface area contributed by atoms with Crippen LogP contribution in [-0.2, 0) is 16.0 Å². The Morgan fingerprint density at radius 3 is 2.62 bits per heavy atom. The number of carbonyl (C=O) groups excluding carboxylic acids is 1. The number of carbonyl (C=O) groups is 1. The fraction of sp³-hybridized carbons (Fsp3) is 0.273. The molecule has 0 fully saturated rings. The van der Waals surface area contributed by atoms with E-state index in [0.29, 0.717) is 25.5 Å². The fourth-order valence-electron chi connectivity index (χ4n) is 2.68. The Balaban J connectivity index is 1.58. The standard InChI is InChI=1S/C22H24N2O4S/c1-3-27-20-7-5-4-6-19(20)22-24-17(15-29-22)14-21(25)23-16-8-10-18(11-9-16)28-13-12-26-2/h4-11,15H,3,12-14H2,1-2H3,(H,23,25). The minimum atomic E-state index is -0.118. The van der Waals surface area contributed by atoms with Crippen molar-refractivity contribution in [1.29, 1.82) is 0 Å². The molecule has 1 heterocycles. The highest BCUT2D eigenvalue weighted by Gasteiger charge is 2.12. The molecule has 6 nitrogen and oxygen atoms in total. The number of amides is 1. The minimum absolute atomic E-state index is 0.118. The van der Waals surface area contributed by atoms with Crippen LogP contribution in [0.5, 0.6) is 11.5 Å². The van der Waals surface area contributed by atoms with Gasteiger partial charge in [-0.1, -0.05) is 12.1 Å². The van der Waals surface area contributed by atoms with Gasteiger partial charge in [-0.25, -0.2) is 4.98 Å². The van der Waals surface area contributed by atoms with Crippen molar-refractivity contribution >= 4 is 22.9 Å². The van der Waals surface area contributed by atoms with Gasteiger partial charge in [-0.3, -0.25) is 4.79 Å². The normalized spacial score (nSPS) is 10.6. The fourth-order valence-corrected chi connectivity index (χ4v) is 3.53. The summed E-state index contributed by atoms with van der Waals surface area (Å²) >= 11 is 1.50. The summed E-state index contributed by atoms with van der Waals surface area (Å²) in [4.78, 5) is 17.0. The second kappa shape index (κ2) is 10.6. The van der Waals surface area contributed by atoms with Gasteiger partial charge in [-0.2, -0.15) is 0 Å². The maximum Gasteiger partial charge on any atom is 0.230 e. The van der Waals surface area contributed by atoms with Crippen molar-refractivity contribution in [2.24, 2.45) is 0 Å². The summed E-state index contributed by atoms with van der Waals surface area (Å²) in [5.41, 5.74) is 2.38. The van der Waals surface area contributed by atoms with Crippen molar-refractivity contribution in [3.05, 3.63) is 59.6 Å². The lowest BCUT2D eigenvalue weighted by atomic mass is 10.2. The van der Waals surface area contributed by atoms with Crippen LogP contribution in [0.3, 0.4) is 0 Å². The molecule has 0 spiro atoms. The van der Waals surface area contributed by atoms with Crippen LogP contribution in [0.1, 0.15) is 12.6 Å². The predicted octanol–water partition coefficient (Wildman–Crippen LogP) is 4.42. The van der Waals surface area contributed by atoms with Crippen LogP contribution in [0.2, 0.25) is 0 Å². The highest BCUT2D eigenvalue weighted by molar-refractivity contribution is 7.13. The molecule has 3 rings (SSSR count). The summed E-state index contributed by atoms with van der Waals surface area (Å²) in [7, 11) is 1.63. The maximum absolute atomic E-state index is 12.4. The van der Waals surface area contributed by atoms with E-state index >= 15 is 0 Å². The van der Waals surface area contributed by atoms with Crippen LogP contribution in [0.4, 0.5) is 5.69 Å². The summed E-state index contributed by atoms with van der Waals surface area (Å²) < 4.78 is 16.1. The molecule has 0 unspecified atom stereocenters. The molecular weight excluding hydrogens is 388 g/mol. The number of aromatic nitrogens is 1. The topological polar surface area (TPSA) is 69.7 Å². The van der Waals surface area contributed by atoms with E-state index in [1.54, 1.807) is 7.11 Å². The van der Waals surface area contributed by atoms with Crippen LogP contribution >= 0.6 is 11.3 Å². The summed E-state index contributed by atoms with van der Waals surface area (Å²) in [5.74, 6) is 1.42. The third kappa shape index (κ3) is 6.04. The Labute approximate surface area is 174 Å². The molecule has 2 aromatic carbocycles. The van der Waals surface area contributed by atoms with Crippen LogP contribution in [0, 0.1) is 0 Å². The van der Waals surface area contributed by atoms with Gasteiger partial charge >= 0.3 is 0 Å². The Morgan fingerprint density at radius 2 is 1.86 bits per heavy atom. The number of methoxy groups -OCH3 is 1. The Morgan fingerprint density at radius 1 is 1.07 bits per heavy atom. The largest absolute Gasteiger partial charge is 0.493 e. The van der Waals surface area contributed by atoms with Crippen LogP contribution in [0.15, 0.2) is 53.9 Å². The molecule has 0 saturated carbocycles. The van der Waals surface area contributed by atoms with Gasteiger partial charge in [0, 0.05) is 18.2 Å². The molecule has 1 N–H and O–H groups in total. The molecule has 0 aliphatic carbocycles. The molecule has 1 amide bonds. The second-order valence-corrected chi connectivity index (χ2v) is 7.02. The van der Waals surface area contributed by atoms with E-state index < -0.39 is 0 Å². The molecule has 1 aromatic heterocycles. The third-order valence-corrected chi connectivity index (χ3v) is 4.93. The van der Waals surface area contributed by atoms with Crippen molar-refractivity contribution < 1.29 is 19.0 Å². The second-order valence-electron chi connectivity index (χ2n) is 6.16. The highest BCUT2D eigenvalue weighted by Crippen LogP contribution is 2.32. The van der Waals surface area contributed by atoms with Gasteiger partial charge in [0.1, 0.15) is 23.1 Å². The molecule has 0 atom stereocenters. The average molecular weight is 413 g/mol. The van der Waals surface area contributed by atoms with E-state index in [4.69, 9.17) is 14.2 Å². The van der Waals surface area contributed by atoms with Gasteiger partial charge in [-0.05, 0) is 43.3 Å². The summed E-state index contributed by atoms with van der Waals surface area (Å²) in [6.45, 7) is 3.56. The SMILES string of the molecule is CCOc1ccccc1-c1nc(CC(=O)Nc2ccc(OCCOC)cc2)cs1. The minimum Gasteiger partial charge on any atom is -0.493 e. The van der Waals surface area contributed by atoms with Crippen molar-refractivity contribution in [2.45, 2.75) is 13.3 Å². The monoisotopic (exact) mass is 412 g/mol. The zero-order valence-corrected chi connectivity index (χ0v) is 17.3. The van der Waals surface area contributed by atoms with E-state index in [9.17, 15) is 4.79 Å². The molecule has 0 aliphatic rings. The van der Waals surface area contributed by atoms with Gasteiger partial charge in [0.2, 0.25) is 5.91 Å². The number of para-hydroxylation sites is 1. The van der Waals surface area contributed by atoms with Gasteiger partial charge in [0.15, 0.2) is 0 Å². The number of hydrogen-bond donors (Lipinski definition) is 1. The van der Waals surface area contributed by atoms with Crippen LogP contribution < -0.4 is 14.8 Å². The lowest BCUT2D eigenvalue weighted by Crippen LogP contribution is -2.14. The quantitative estimate of drug-likeness (QED) is 0.499. The first-order valence-corrected chi connectivity index (χ1v) is 10.3. The molecule has 3 aromatic rings. The van der Waals surface area contributed by atoms with E-state index in [1.807, 2.05) is 60.8 Å². The molecule has 152 valence electrons. The van der Waals surface area contributed by atoms with Gasteiger partial charge in [0.05, 0.1) is 30.9 Å². The number of nitrogens with one attached hydrogen (secondary N) is 1. The molecule has 7 heteroatoms. The lowest BCUT2D eigenvalue weighted by Gasteiger charge is -2.08. The zero-order chi connectivity index (χ0) is 20.5. The molecule has 0 bridgehead atoms. The predicted molar refractivity (Wildman–Crippen MR) is 115 cm³/mol. The van der Waals surface area contributed by atoms with Gasteiger partial charge in [-0.15, -0.1) is 11.3 Å². The summed E-state index contributed by atoms with van der Waals surface area (Å²) in [5, 5.41) is 5.64. The number of hydrogen-bond acceptors (Lipinski definition) is 6. The highest BCUT2D eigenvalue weighted by atomic mass is 32.1. The van der Waals surface area contributed by atoms with Crippen LogP contribution in [-0.4, -0.2) is 37.8 Å². The molecule has 0 aliphatic heterocycles. The van der Waals surface area contributed by atoms with Crippen molar-refractivity contribution in [3.63, 3.8) is 0 Å². The number of ether oxygens (including phenoxy) is 3. The smallest absolute Gasteiger partial charge is 0.230 e. The Hall–Kier alpha value is -2.90. The first kappa shape index (κ1) is 20.8. The Kier molecular flexibility index (Phi) is 7.61. The van der Waals surface area contributed by atoms with Crippen molar-refractivity contribution in [2.75, 3.05) is 32.2 Å². The van der Waals surface area contributed by atoms with E-state index in [2.05, 4.69) is 10.3 Å². The number of thiazole rings is 1. The van der Waals surface area contributed by atoms with Gasteiger partial charge in [0.25, 0.3) is 0 Å². The van der Waals surface area contributed by atoms with E-state index in [-0.39, 0.29) is 12.3 Å². The summed E-state index contributed by atoms with van der Waals surface area (Å²) in [6, 6.07) is 15.0. The number of rotatable bonds is 10. The van der Waals surface area contributed by atoms with Crippen molar-refractivity contribution in [3.8, 4) is 22.1 Å². The maximum atomic E-state index is 12.4. The van der Waals surface area contributed by atoms with E-state index in [1.165, 1.54) is 11.3 Å². The van der Waals surface area contributed by atoms with Gasteiger partial charge < -0.3 is 19.5 Å². The molecule has 0 radical (unpaired) electrons. The average Bonchev–Trinajstić information content (AvgIpc) is 3.18. The zero-order valence-electron chi connectivity index (χ0n) is 16.5. The lowest BCUT2D eigenvalue weighted by molar-refractivity contribution is -0.115. The van der Waals surface area contributed by atoms with E-state index in [0.717, 1.165) is 27.8 Å². The first-order chi connectivity index (χ1) is 14.2. The van der Waals surface area contributed by atoms with Crippen molar-refractivity contribution in [1.82, 2.24) is 4.98 Å². The number of nitrogens with zero attached hydrogens (tertiary/aromatic N) is 1. The van der Waals surface area contributed by atoms with Crippen LogP contribution in [0.25, 0.3) is 10.6 Å². The molecule has 29 heavy (non-hydrogen) atoms. The molecular formula is C22H24N2O4S. The summed E-state index contributed by atoms with van der Waals surface area (Å²) in [6.07, 6.45) is 0.208. The molecule has 0 saturated heterocycles. The Bertz CT molecular complexity index is 925. The number of benzene rings is 2. The number of anilines is 1. The first-order valence-electron chi connectivity index (χ1n) is 9.38. The third-order valence-electron chi connectivity index (χ3n) is 4.00.